The summed E-state index contributed by atoms with van der Waals surface area (Å²) in [6, 6.07) is 9.92. The standard InChI is InChI=1S/C34H45NO6/c1-20-13-12-16-23-28-33(8,41-31(5,6)39-28)21(2)26-24(19-22-14-10-9-11-15-22)35-29(37)34(23,26)25(36)17-18-32(7)27(20)38-30(3,4)40-32/h9-12,14-18,20-21,23-24,26-28H,13,19H2,1-8H3,(H,35,37)/b16-12+,18-17+/t20-,21-,23-,24-,26-,27+,28-,32+,33+,34+/m0/s1. The van der Waals surface area contributed by atoms with Crippen molar-refractivity contribution in [2.75, 3.05) is 0 Å². The fourth-order valence-corrected chi connectivity index (χ4v) is 8.90. The number of fused-ring (bicyclic) bond motifs is 3. The molecule has 7 nitrogen and oxygen atoms in total. The number of rotatable bonds is 2. The van der Waals surface area contributed by atoms with Crippen LogP contribution in [0, 0.1) is 29.1 Å². The van der Waals surface area contributed by atoms with Gasteiger partial charge in [0.1, 0.15) is 11.0 Å². The lowest BCUT2D eigenvalue weighted by molar-refractivity contribution is -0.176. The minimum atomic E-state index is -1.35. The number of amides is 1. The van der Waals surface area contributed by atoms with Crippen molar-refractivity contribution in [1.82, 2.24) is 5.32 Å². The summed E-state index contributed by atoms with van der Waals surface area (Å²) in [4.78, 5) is 29.2. The summed E-state index contributed by atoms with van der Waals surface area (Å²) in [5, 5.41) is 3.31. The fourth-order valence-electron chi connectivity index (χ4n) is 8.90. The van der Waals surface area contributed by atoms with E-state index in [1.807, 2.05) is 58.9 Å². The molecule has 1 amide bonds. The molecule has 3 aliphatic heterocycles. The summed E-state index contributed by atoms with van der Waals surface area (Å²) >= 11 is 0. The highest BCUT2D eigenvalue weighted by Crippen LogP contribution is 2.63. The van der Waals surface area contributed by atoms with Gasteiger partial charge in [0, 0.05) is 17.9 Å². The van der Waals surface area contributed by atoms with Crippen molar-refractivity contribution in [3.63, 3.8) is 0 Å². The van der Waals surface area contributed by atoms with Crippen molar-refractivity contribution in [3.05, 3.63) is 60.2 Å². The smallest absolute Gasteiger partial charge is 0.235 e. The van der Waals surface area contributed by atoms with Gasteiger partial charge in [-0.25, -0.2) is 0 Å². The number of nitrogens with one attached hydrogen (secondary N) is 1. The zero-order valence-corrected chi connectivity index (χ0v) is 25.6. The van der Waals surface area contributed by atoms with Gasteiger partial charge >= 0.3 is 0 Å². The maximum atomic E-state index is 14.8. The van der Waals surface area contributed by atoms with Gasteiger partial charge < -0.3 is 24.3 Å². The average Bonchev–Trinajstić information content (AvgIpc) is 3.42. The highest BCUT2D eigenvalue weighted by Gasteiger charge is 2.75. The lowest BCUT2D eigenvalue weighted by Gasteiger charge is -2.54. The van der Waals surface area contributed by atoms with Gasteiger partial charge in [0.15, 0.2) is 17.4 Å². The van der Waals surface area contributed by atoms with E-state index >= 15 is 0 Å². The molecule has 0 unspecified atom stereocenters. The zero-order valence-electron chi connectivity index (χ0n) is 25.6. The quantitative estimate of drug-likeness (QED) is 0.397. The van der Waals surface area contributed by atoms with E-state index < -0.39 is 40.2 Å². The Balaban J connectivity index is 1.52. The number of ether oxygens (including phenoxy) is 4. The summed E-state index contributed by atoms with van der Waals surface area (Å²) in [5.74, 6) is -2.94. The first-order valence-corrected chi connectivity index (χ1v) is 15.1. The van der Waals surface area contributed by atoms with Crippen LogP contribution >= 0.6 is 0 Å². The molecule has 3 saturated heterocycles. The van der Waals surface area contributed by atoms with Crippen LogP contribution in [-0.2, 0) is 35.0 Å². The number of allylic oxidation sites excluding steroid dienone is 2. The Morgan fingerprint density at radius 3 is 2.27 bits per heavy atom. The first-order valence-electron chi connectivity index (χ1n) is 15.1. The van der Waals surface area contributed by atoms with Crippen LogP contribution in [0.4, 0.5) is 0 Å². The van der Waals surface area contributed by atoms with E-state index in [9.17, 15) is 9.59 Å². The molecular weight excluding hydrogens is 518 g/mol. The van der Waals surface area contributed by atoms with Gasteiger partial charge in [-0.05, 0) is 83.9 Å². The number of carbonyl (C=O) groups excluding carboxylic acids is 2. The largest absolute Gasteiger partial charge is 0.352 e. The van der Waals surface area contributed by atoms with Gasteiger partial charge in [0.25, 0.3) is 0 Å². The van der Waals surface area contributed by atoms with Gasteiger partial charge in [-0.15, -0.1) is 0 Å². The summed E-state index contributed by atoms with van der Waals surface area (Å²) < 4.78 is 26.1. The number of hydrogen-bond acceptors (Lipinski definition) is 6. The molecule has 7 heteroatoms. The molecule has 10 atom stereocenters. The van der Waals surface area contributed by atoms with Crippen molar-refractivity contribution < 1.29 is 28.5 Å². The molecule has 4 fully saturated rings. The van der Waals surface area contributed by atoms with Gasteiger partial charge in [-0.1, -0.05) is 56.3 Å². The minimum absolute atomic E-state index is 0.108. The van der Waals surface area contributed by atoms with E-state index in [0.717, 1.165) is 5.56 Å². The van der Waals surface area contributed by atoms with Crippen LogP contribution < -0.4 is 5.32 Å². The van der Waals surface area contributed by atoms with Crippen molar-refractivity contribution in [1.29, 1.82) is 0 Å². The third-order valence-corrected chi connectivity index (χ3v) is 10.5. The number of hydrogen-bond donors (Lipinski definition) is 1. The maximum Gasteiger partial charge on any atom is 0.235 e. The lowest BCUT2D eigenvalue weighted by atomic mass is 9.49. The third-order valence-electron chi connectivity index (χ3n) is 10.5. The summed E-state index contributed by atoms with van der Waals surface area (Å²) in [7, 11) is 0. The molecule has 6 rings (SSSR count). The molecule has 0 bridgehead atoms. The minimum Gasteiger partial charge on any atom is -0.352 e. The maximum absolute atomic E-state index is 14.8. The molecule has 3 heterocycles. The lowest BCUT2D eigenvalue weighted by Crippen LogP contribution is -2.66. The Morgan fingerprint density at radius 1 is 0.902 bits per heavy atom. The van der Waals surface area contributed by atoms with E-state index in [2.05, 4.69) is 50.4 Å². The van der Waals surface area contributed by atoms with Crippen LogP contribution in [0.25, 0.3) is 0 Å². The summed E-state index contributed by atoms with van der Waals surface area (Å²) in [5.41, 5.74) is -1.75. The second-order valence-electron chi connectivity index (χ2n) is 14.3. The zero-order chi connectivity index (χ0) is 29.6. The SMILES string of the molecule is C[C@H]1C/C=C/[C@H]2[C@@H]3OC(C)(C)O[C@]3(C)[C@@H](C)[C@H]3[C@H](Cc4ccccc4)NC(=O)[C@]32C(=O)/C=C/[C@@]2(C)OC(C)(C)O[C@H]12. The Hall–Kier alpha value is -2.32. The molecule has 1 aromatic rings. The molecule has 1 N–H and O–H groups in total. The predicted molar refractivity (Wildman–Crippen MR) is 155 cm³/mol. The van der Waals surface area contributed by atoms with Crippen LogP contribution in [0.3, 0.4) is 0 Å². The molecule has 0 aromatic heterocycles. The monoisotopic (exact) mass is 563 g/mol. The van der Waals surface area contributed by atoms with Gasteiger partial charge in [0.2, 0.25) is 5.91 Å². The normalized spacial score (nSPS) is 47.8. The molecule has 2 aliphatic carbocycles. The van der Waals surface area contributed by atoms with E-state index in [1.54, 1.807) is 6.08 Å². The van der Waals surface area contributed by atoms with Crippen molar-refractivity contribution in [2.24, 2.45) is 29.1 Å². The van der Waals surface area contributed by atoms with Crippen LogP contribution in [0.15, 0.2) is 54.6 Å². The van der Waals surface area contributed by atoms with E-state index in [-0.39, 0.29) is 41.6 Å². The highest BCUT2D eigenvalue weighted by molar-refractivity contribution is 6.13. The van der Waals surface area contributed by atoms with E-state index in [4.69, 9.17) is 18.9 Å². The summed E-state index contributed by atoms with van der Waals surface area (Å²) in [6.45, 7) is 16.0. The first-order chi connectivity index (χ1) is 19.1. The van der Waals surface area contributed by atoms with Crippen LogP contribution in [0.5, 0.6) is 0 Å². The Bertz CT molecular complexity index is 1290. The van der Waals surface area contributed by atoms with E-state index in [1.165, 1.54) is 0 Å². The van der Waals surface area contributed by atoms with Crippen LogP contribution in [0.2, 0.25) is 0 Å². The molecular formula is C34H45NO6. The molecule has 1 saturated carbocycles. The van der Waals surface area contributed by atoms with Crippen molar-refractivity contribution >= 4 is 11.7 Å². The Labute approximate surface area is 244 Å². The molecule has 1 spiro atoms. The number of ketones is 1. The van der Waals surface area contributed by atoms with Gasteiger partial charge in [0.05, 0.1) is 17.8 Å². The second-order valence-corrected chi connectivity index (χ2v) is 14.3. The molecule has 222 valence electrons. The van der Waals surface area contributed by atoms with E-state index in [0.29, 0.717) is 12.8 Å². The molecule has 1 aromatic carbocycles. The number of carbonyl (C=O) groups is 2. The summed E-state index contributed by atoms with van der Waals surface area (Å²) in [6.07, 6.45) is 8.23. The molecule has 41 heavy (non-hydrogen) atoms. The Morgan fingerprint density at radius 2 is 1.56 bits per heavy atom. The topological polar surface area (TPSA) is 83.1 Å². The van der Waals surface area contributed by atoms with Gasteiger partial charge in [-0.3, -0.25) is 9.59 Å². The number of benzene rings is 1. The average molecular weight is 564 g/mol. The molecule has 0 radical (unpaired) electrons. The second kappa shape index (κ2) is 9.34. The van der Waals surface area contributed by atoms with Crippen molar-refractivity contribution in [3.8, 4) is 0 Å². The van der Waals surface area contributed by atoms with Crippen LogP contribution in [-0.4, -0.2) is 52.7 Å². The Kier molecular flexibility index (Phi) is 6.56. The third kappa shape index (κ3) is 4.30. The highest BCUT2D eigenvalue weighted by atomic mass is 16.8. The molecule has 5 aliphatic rings. The van der Waals surface area contributed by atoms with Gasteiger partial charge in [-0.2, -0.15) is 0 Å². The first kappa shape index (κ1) is 28.8. The van der Waals surface area contributed by atoms with Crippen molar-refractivity contribution in [2.45, 2.75) is 109 Å². The van der Waals surface area contributed by atoms with Crippen LogP contribution in [0.1, 0.15) is 67.4 Å². The predicted octanol–water partition coefficient (Wildman–Crippen LogP) is 5.14. The fraction of sp³-hybridized carbons (Fsp3) is 0.647.